The average Bonchev–Trinajstić information content (AvgIpc) is 2.48. The molecule has 1 unspecified atom stereocenters. The fourth-order valence-electron chi connectivity index (χ4n) is 2.03. The van der Waals surface area contributed by atoms with E-state index in [1.807, 2.05) is 55.6 Å². The molecule has 20 heavy (non-hydrogen) atoms. The summed E-state index contributed by atoms with van der Waals surface area (Å²) in [6.45, 7) is 2.57. The quantitative estimate of drug-likeness (QED) is 0.794. The highest BCUT2D eigenvalue weighted by molar-refractivity contribution is 9.10. The first kappa shape index (κ1) is 15.4. The summed E-state index contributed by atoms with van der Waals surface area (Å²) in [6.07, 6.45) is 1.38. The number of benzene rings is 2. The van der Waals surface area contributed by atoms with Crippen LogP contribution in [0.1, 0.15) is 24.2 Å². The largest absolute Gasteiger partial charge is 0.493 e. The number of hydrogen-bond acceptors (Lipinski definition) is 3. The van der Waals surface area contributed by atoms with Crippen molar-refractivity contribution in [1.82, 2.24) is 0 Å². The van der Waals surface area contributed by atoms with Gasteiger partial charge in [0.05, 0.1) is 11.1 Å². The van der Waals surface area contributed by atoms with Crippen LogP contribution in [-0.2, 0) is 0 Å². The number of halogens is 1. The third-order valence-electron chi connectivity index (χ3n) is 3.01. The summed E-state index contributed by atoms with van der Waals surface area (Å²) in [5, 5.41) is 10.6. The lowest BCUT2D eigenvalue weighted by Crippen LogP contribution is -2.02. The maximum atomic E-state index is 10.6. The van der Waals surface area contributed by atoms with E-state index in [-0.39, 0.29) is 0 Å². The van der Waals surface area contributed by atoms with E-state index in [1.54, 1.807) is 11.8 Å². The van der Waals surface area contributed by atoms with E-state index in [0.717, 1.165) is 26.2 Å². The van der Waals surface area contributed by atoms with E-state index in [0.29, 0.717) is 6.61 Å². The number of aliphatic hydroxyl groups excluding tert-OH is 1. The van der Waals surface area contributed by atoms with Gasteiger partial charge >= 0.3 is 0 Å². The second kappa shape index (κ2) is 7.16. The number of ether oxygens (including phenoxy) is 1. The second-order valence-corrected chi connectivity index (χ2v) is 5.97. The molecule has 0 aliphatic rings. The van der Waals surface area contributed by atoms with Crippen LogP contribution < -0.4 is 4.74 Å². The maximum absolute atomic E-state index is 10.6. The summed E-state index contributed by atoms with van der Waals surface area (Å²) < 4.78 is 6.35. The first-order chi connectivity index (χ1) is 9.67. The highest BCUT2D eigenvalue weighted by atomic mass is 79.9. The van der Waals surface area contributed by atoms with Gasteiger partial charge in [-0.2, -0.15) is 0 Å². The summed E-state index contributed by atoms with van der Waals surface area (Å²) in [5.41, 5.74) is 1.78. The Balaban J connectivity index is 2.33. The molecule has 2 aromatic rings. The molecule has 4 heteroatoms. The molecule has 1 atom stereocenters. The molecule has 0 saturated heterocycles. The van der Waals surface area contributed by atoms with E-state index < -0.39 is 6.10 Å². The molecule has 0 aromatic heterocycles. The van der Waals surface area contributed by atoms with Gasteiger partial charge in [0, 0.05) is 4.90 Å². The Morgan fingerprint density at radius 1 is 1.25 bits per heavy atom. The molecule has 0 amide bonds. The van der Waals surface area contributed by atoms with Crippen molar-refractivity contribution in [3.63, 3.8) is 0 Å². The van der Waals surface area contributed by atoms with Crippen LogP contribution in [0.3, 0.4) is 0 Å². The van der Waals surface area contributed by atoms with Crippen LogP contribution in [0.5, 0.6) is 5.75 Å². The minimum Gasteiger partial charge on any atom is -0.493 e. The van der Waals surface area contributed by atoms with Crippen LogP contribution in [0.4, 0.5) is 0 Å². The fraction of sp³-hybridized carbons (Fsp3) is 0.250. The van der Waals surface area contributed by atoms with Crippen molar-refractivity contribution in [1.29, 1.82) is 0 Å². The Bertz CT molecular complexity index is 586. The minimum absolute atomic E-state index is 0.621. The zero-order valence-electron chi connectivity index (χ0n) is 11.5. The van der Waals surface area contributed by atoms with Crippen LogP contribution >= 0.6 is 27.7 Å². The molecule has 106 valence electrons. The van der Waals surface area contributed by atoms with Crippen molar-refractivity contribution in [2.24, 2.45) is 0 Å². The summed E-state index contributed by atoms with van der Waals surface area (Å²) in [5.74, 6) is 0.793. The van der Waals surface area contributed by atoms with Gasteiger partial charge in [0.2, 0.25) is 0 Å². The average molecular weight is 353 g/mol. The van der Waals surface area contributed by atoms with Crippen molar-refractivity contribution in [2.45, 2.75) is 17.9 Å². The Labute approximate surface area is 132 Å². The van der Waals surface area contributed by atoms with Gasteiger partial charge in [0.1, 0.15) is 11.9 Å². The molecule has 0 spiro atoms. The standard InChI is InChI=1S/C16H17BrO2S/c1-3-19-14-9-8-11(10-13(14)17)16(18)12-6-4-5-7-15(12)20-2/h4-10,16,18H,3H2,1-2H3. The Morgan fingerprint density at radius 2 is 2.00 bits per heavy atom. The predicted octanol–water partition coefficient (Wildman–Crippen LogP) is 4.65. The van der Waals surface area contributed by atoms with Crippen LogP contribution in [-0.4, -0.2) is 18.0 Å². The topological polar surface area (TPSA) is 29.5 Å². The van der Waals surface area contributed by atoms with Gasteiger partial charge in [-0.15, -0.1) is 11.8 Å². The second-order valence-electron chi connectivity index (χ2n) is 4.27. The van der Waals surface area contributed by atoms with E-state index in [9.17, 15) is 5.11 Å². The molecule has 0 radical (unpaired) electrons. The molecular weight excluding hydrogens is 336 g/mol. The van der Waals surface area contributed by atoms with Crippen molar-refractivity contribution < 1.29 is 9.84 Å². The van der Waals surface area contributed by atoms with Crippen LogP contribution in [0.25, 0.3) is 0 Å². The van der Waals surface area contributed by atoms with E-state index in [4.69, 9.17) is 4.74 Å². The zero-order valence-corrected chi connectivity index (χ0v) is 13.9. The summed E-state index contributed by atoms with van der Waals surface area (Å²) in [7, 11) is 0. The highest BCUT2D eigenvalue weighted by Crippen LogP contribution is 2.34. The SMILES string of the molecule is CCOc1ccc(C(O)c2ccccc2SC)cc1Br. The first-order valence-electron chi connectivity index (χ1n) is 6.40. The van der Waals surface area contributed by atoms with Crippen LogP contribution in [0.15, 0.2) is 51.8 Å². The van der Waals surface area contributed by atoms with E-state index in [1.165, 1.54) is 0 Å². The minimum atomic E-state index is -0.634. The lowest BCUT2D eigenvalue weighted by Gasteiger charge is -2.16. The monoisotopic (exact) mass is 352 g/mol. The fourth-order valence-corrected chi connectivity index (χ4v) is 3.17. The first-order valence-corrected chi connectivity index (χ1v) is 8.42. The molecule has 0 bridgehead atoms. The van der Waals surface area contributed by atoms with Gasteiger partial charge in [0.15, 0.2) is 0 Å². The molecule has 2 aromatic carbocycles. The van der Waals surface area contributed by atoms with Crippen molar-refractivity contribution in [2.75, 3.05) is 12.9 Å². The smallest absolute Gasteiger partial charge is 0.133 e. The van der Waals surface area contributed by atoms with Gasteiger partial charge in [-0.25, -0.2) is 0 Å². The van der Waals surface area contributed by atoms with Crippen molar-refractivity contribution >= 4 is 27.7 Å². The molecule has 0 aliphatic carbocycles. The maximum Gasteiger partial charge on any atom is 0.133 e. The van der Waals surface area contributed by atoms with Crippen LogP contribution in [0, 0.1) is 0 Å². The number of thioether (sulfide) groups is 1. The third-order valence-corrected chi connectivity index (χ3v) is 4.44. The van der Waals surface area contributed by atoms with Crippen molar-refractivity contribution in [3.8, 4) is 5.75 Å². The van der Waals surface area contributed by atoms with Gasteiger partial charge in [0.25, 0.3) is 0 Å². The van der Waals surface area contributed by atoms with Gasteiger partial charge < -0.3 is 9.84 Å². The van der Waals surface area contributed by atoms with E-state index >= 15 is 0 Å². The Morgan fingerprint density at radius 3 is 2.65 bits per heavy atom. The molecule has 2 rings (SSSR count). The molecule has 0 saturated carbocycles. The summed E-state index contributed by atoms with van der Waals surface area (Å²) in [6, 6.07) is 13.6. The highest BCUT2D eigenvalue weighted by Gasteiger charge is 2.15. The normalized spacial score (nSPS) is 12.2. The molecule has 1 N–H and O–H groups in total. The Kier molecular flexibility index (Phi) is 5.52. The van der Waals surface area contributed by atoms with E-state index in [2.05, 4.69) is 15.9 Å². The van der Waals surface area contributed by atoms with Gasteiger partial charge in [-0.05, 0) is 58.4 Å². The molecule has 0 heterocycles. The lowest BCUT2D eigenvalue weighted by molar-refractivity contribution is 0.217. The molecule has 0 aliphatic heterocycles. The number of aliphatic hydroxyl groups is 1. The van der Waals surface area contributed by atoms with Crippen molar-refractivity contribution in [3.05, 3.63) is 58.1 Å². The summed E-state index contributed by atoms with van der Waals surface area (Å²) >= 11 is 5.12. The zero-order chi connectivity index (χ0) is 14.5. The molecular formula is C16H17BrO2S. The number of hydrogen-bond donors (Lipinski definition) is 1. The predicted molar refractivity (Wildman–Crippen MR) is 87.6 cm³/mol. The third kappa shape index (κ3) is 3.37. The lowest BCUT2D eigenvalue weighted by atomic mass is 10.0. The van der Waals surface area contributed by atoms with Gasteiger partial charge in [-0.1, -0.05) is 24.3 Å². The number of rotatable bonds is 5. The Hall–Kier alpha value is -0.970. The van der Waals surface area contributed by atoms with Crippen LogP contribution in [0.2, 0.25) is 0 Å². The molecule has 2 nitrogen and oxygen atoms in total. The molecule has 0 fully saturated rings. The summed E-state index contributed by atoms with van der Waals surface area (Å²) in [4.78, 5) is 1.09. The van der Waals surface area contributed by atoms with Gasteiger partial charge in [-0.3, -0.25) is 0 Å².